The molecular formula is C14H19BrN4O2S. The second-order valence-corrected chi connectivity index (χ2v) is 7.67. The standard InChI is InChI=1S/C14H19BrN4O2S/c1-22(21)13-8-12(17-14-11(15)9-16-19(13)14)18-6-3-2-4-10(18)5-7-20/h8-10,20H,2-7H2,1H3. The molecule has 1 aliphatic heterocycles. The molecule has 0 spiro atoms. The van der Waals surface area contributed by atoms with Gasteiger partial charge in [-0.3, -0.25) is 0 Å². The van der Waals surface area contributed by atoms with E-state index in [0.717, 1.165) is 36.1 Å². The van der Waals surface area contributed by atoms with Crippen molar-refractivity contribution in [2.45, 2.75) is 36.8 Å². The average molecular weight is 387 g/mol. The van der Waals surface area contributed by atoms with Crippen molar-refractivity contribution < 1.29 is 9.66 Å². The summed E-state index contributed by atoms with van der Waals surface area (Å²) in [4.78, 5) is 6.93. The minimum Gasteiger partial charge on any atom is -0.610 e. The summed E-state index contributed by atoms with van der Waals surface area (Å²) in [6, 6.07) is 2.15. The minimum absolute atomic E-state index is 0.173. The highest BCUT2D eigenvalue weighted by Gasteiger charge is 2.26. The van der Waals surface area contributed by atoms with E-state index in [9.17, 15) is 9.66 Å². The smallest absolute Gasteiger partial charge is 0.251 e. The Balaban J connectivity index is 2.07. The van der Waals surface area contributed by atoms with Crippen LogP contribution in [0.15, 0.2) is 21.8 Å². The number of rotatable bonds is 4. The molecule has 1 fully saturated rings. The molecule has 0 aliphatic carbocycles. The number of fused-ring (bicyclic) bond motifs is 1. The van der Waals surface area contributed by atoms with Gasteiger partial charge in [0.15, 0.2) is 5.65 Å². The van der Waals surface area contributed by atoms with Gasteiger partial charge in [0.25, 0.3) is 5.03 Å². The fourth-order valence-corrected chi connectivity index (χ4v) is 4.00. The zero-order valence-electron chi connectivity index (χ0n) is 12.4. The number of anilines is 1. The summed E-state index contributed by atoms with van der Waals surface area (Å²) < 4.78 is 14.5. The molecule has 0 amide bonds. The molecule has 1 N–H and O–H groups in total. The Morgan fingerprint density at radius 2 is 2.32 bits per heavy atom. The quantitative estimate of drug-likeness (QED) is 0.641. The van der Waals surface area contributed by atoms with Crippen molar-refractivity contribution >= 4 is 38.6 Å². The average Bonchev–Trinajstić information content (AvgIpc) is 2.89. The molecule has 120 valence electrons. The van der Waals surface area contributed by atoms with E-state index in [0.29, 0.717) is 10.7 Å². The number of piperidine rings is 1. The maximum absolute atomic E-state index is 12.1. The van der Waals surface area contributed by atoms with Gasteiger partial charge in [0.2, 0.25) is 0 Å². The number of aromatic nitrogens is 3. The molecule has 0 radical (unpaired) electrons. The second kappa shape index (κ2) is 6.74. The highest BCUT2D eigenvalue weighted by atomic mass is 79.9. The summed E-state index contributed by atoms with van der Waals surface area (Å²) in [5, 5.41) is 14.2. The molecule has 0 bridgehead atoms. The molecule has 6 nitrogen and oxygen atoms in total. The van der Waals surface area contributed by atoms with Crippen LogP contribution in [0.5, 0.6) is 0 Å². The van der Waals surface area contributed by atoms with Crippen LogP contribution in [0, 0.1) is 0 Å². The van der Waals surface area contributed by atoms with Crippen LogP contribution in [0.2, 0.25) is 0 Å². The first-order chi connectivity index (χ1) is 10.6. The fourth-order valence-electron chi connectivity index (χ4n) is 3.00. The predicted molar refractivity (Wildman–Crippen MR) is 89.7 cm³/mol. The summed E-state index contributed by atoms with van der Waals surface area (Å²) in [7, 11) is 0. The largest absolute Gasteiger partial charge is 0.610 e. The van der Waals surface area contributed by atoms with Crippen molar-refractivity contribution in [3.05, 3.63) is 16.7 Å². The lowest BCUT2D eigenvalue weighted by Gasteiger charge is -2.36. The van der Waals surface area contributed by atoms with Gasteiger partial charge in [-0.05, 0) is 41.6 Å². The molecule has 2 aromatic heterocycles. The van der Waals surface area contributed by atoms with Crippen molar-refractivity contribution in [1.82, 2.24) is 14.6 Å². The summed E-state index contributed by atoms with van der Waals surface area (Å²) in [6.45, 7) is 1.09. The van der Waals surface area contributed by atoms with Crippen LogP contribution in [0.25, 0.3) is 5.65 Å². The first-order valence-corrected chi connectivity index (χ1v) is 9.72. The van der Waals surface area contributed by atoms with Crippen LogP contribution in [0.3, 0.4) is 0 Å². The van der Waals surface area contributed by atoms with Crippen LogP contribution in [0.4, 0.5) is 5.82 Å². The fraction of sp³-hybridized carbons (Fsp3) is 0.571. The number of hydrogen-bond acceptors (Lipinski definition) is 5. The molecule has 0 aromatic carbocycles. The van der Waals surface area contributed by atoms with Gasteiger partial charge in [0, 0.05) is 30.4 Å². The van der Waals surface area contributed by atoms with Gasteiger partial charge in [-0.2, -0.15) is 9.61 Å². The van der Waals surface area contributed by atoms with Gasteiger partial charge in [-0.15, -0.1) is 0 Å². The lowest BCUT2D eigenvalue weighted by Crippen LogP contribution is -2.40. The Morgan fingerprint density at radius 3 is 3.05 bits per heavy atom. The molecule has 2 atom stereocenters. The van der Waals surface area contributed by atoms with E-state index in [-0.39, 0.29) is 12.6 Å². The second-order valence-electron chi connectivity index (χ2n) is 5.49. The monoisotopic (exact) mass is 386 g/mol. The predicted octanol–water partition coefficient (Wildman–Crippen LogP) is 1.97. The normalized spacial score (nSPS) is 20.5. The topological polar surface area (TPSA) is 76.7 Å². The van der Waals surface area contributed by atoms with E-state index >= 15 is 0 Å². The third-order valence-corrected chi connectivity index (χ3v) is 5.50. The number of nitrogens with zero attached hydrogens (tertiary/aromatic N) is 4. The van der Waals surface area contributed by atoms with E-state index < -0.39 is 11.2 Å². The summed E-state index contributed by atoms with van der Waals surface area (Å²) >= 11 is 2.29. The SMILES string of the molecule is C[S+]([O-])c1cc(N2CCCCC2CCO)nc2c(Br)cnn12. The third kappa shape index (κ3) is 2.97. The molecule has 3 rings (SSSR count). The van der Waals surface area contributed by atoms with Crippen molar-refractivity contribution in [2.24, 2.45) is 0 Å². The van der Waals surface area contributed by atoms with Gasteiger partial charge in [-0.1, -0.05) is 0 Å². The number of aliphatic hydroxyl groups excluding tert-OH is 1. The van der Waals surface area contributed by atoms with Gasteiger partial charge in [0.1, 0.15) is 12.1 Å². The van der Waals surface area contributed by atoms with Gasteiger partial charge in [-0.25, -0.2) is 4.98 Å². The van der Waals surface area contributed by atoms with Crippen LogP contribution in [-0.4, -0.2) is 49.7 Å². The lowest BCUT2D eigenvalue weighted by molar-refractivity contribution is 0.262. The third-order valence-electron chi connectivity index (χ3n) is 4.06. The van der Waals surface area contributed by atoms with Crippen LogP contribution >= 0.6 is 15.9 Å². The van der Waals surface area contributed by atoms with E-state index in [4.69, 9.17) is 4.98 Å². The minimum atomic E-state index is -1.16. The van der Waals surface area contributed by atoms with Crippen LogP contribution in [0.1, 0.15) is 25.7 Å². The molecule has 8 heteroatoms. The molecule has 0 saturated carbocycles. The highest BCUT2D eigenvalue weighted by molar-refractivity contribution is 9.10. The maximum Gasteiger partial charge on any atom is 0.251 e. The highest BCUT2D eigenvalue weighted by Crippen LogP contribution is 2.29. The van der Waals surface area contributed by atoms with Crippen LogP contribution in [-0.2, 0) is 11.2 Å². The number of hydrogen-bond donors (Lipinski definition) is 1. The Morgan fingerprint density at radius 1 is 1.50 bits per heavy atom. The van der Waals surface area contributed by atoms with Crippen molar-refractivity contribution in [3.63, 3.8) is 0 Å². The Hall–Kier alpha value is -0.830. The van der Waals surface area contributed by atoms with Gasteiger partial charge >= 0.3 is 0 Å². The van der Waals surface area contributed by atoms with Gasteiger partial charge < -0.3 is 14.6 Å². The molecule has 2 aromatic rings. The molecule has 22 heavy (non-hydrogen) atoms. The van der Waals surface area contributed by atoms with Crippen molar-refractivity contribution in [2.75, 3.05) is 24.3 Å². The molecular weight excluding hydrogens is 368 g/mol. The summed E-state index contributed by atoms with van der Waals surface area (Å²) in [5.74, 6) is 0.817. The molecule has 1 aliphatic rings. The molecule has 3 heterocycles. The lowest BCUT2D eigenvalue weighted by atomic mass is 10.00. The van der Waals surface area contributed by atoms with E-state index in [1.54, 1.807) is 17.0 Å². The van der Waals surface area contributed by atoms with E-state index in [1.165, 1.54) is 6.42 Å². The van der Waals surface area contributed by atoms with Gasteiger partial charge in [0.05, 0.1) is 16.7 Å². The van der Waals surface area contributed by atoms with Crippen molar-refractivity contribution in [1.29, 1.82) is 0 Å². The van der Waals surface area contributed by atoms with Crippen LogP contribution < -0.4 is 4.90 Å². The Labute approximate surface area is 140 Å². The number of aliphatic hydroxyl groups is 1. The first-order valence-electron chi connectivity index (χ1n) is 7.37. The van der Waals surface area contributed by atoms with Crippen molar-refractivity contribution in [3.8, 4) is 0 Å². The number of halogens is 1. The molecule has 2 unspecified atom stereocenters. The summed E-state index contributed by atoms with van der Waals surface area (Å²) in [5.41, 5.74) is 0.677. The van der Waals surface area contributed by atoms with E-state index in [1.807, 2.05) is 6.07 Å². The zero-order chi connectivity index (χ0) is 15.7. The maximum atomic E-state index is 12.1. The summed E-state index contributed by atoms with van der Waals surface area (Å²) in [6.07, 6.45) is 7.39. The molecule has 1 saturated heterocycles. The zero-order valence-corrected chi connectivity index (χ0v) is 14.8. The first kappa shape index (κ1) is 16.0. The van der Waals surface area contributed by atoms with E-state index in [2.05, 4.69) is 25.9 Å². The Bertz CT molecular complexity index is 662. The Kier molecular flexibility index (Phi) is 4.91.